The molecule has 0 atom stereocenters. The summed E-state index contributed by atoms with van der Waals surface area (Å²) in [4.78, 5) is 24.2. The van der Waals surface area contributed by atoms with Crippen molar-refractivity contribution >= 4 is 22.6 Å². The van der Waals surface area contributed by atoms with Gasteiger partial charge in [-0.3, -0.25) is 14.2 Å². The van der Waals surface area contributed by atoms with Gasteiger partial charge < -0.3 is 14.6 Å². The topological polar surface area (TPSA) is 117 Å². The number of aromatic nitrogens is 1. The van der Waals surface area contributed by atoms with E-state index in [1.807, 2.05) is 6.92 Å². The molecule has 0 aliphatic rings. The van der Waals surface area contributed by atoms with Crippen LogP contribution in [0, 0.1) is 6.92 Å². The molecule has 2 aromatic heterocycles. The highest BCUT2D eigenvalue weighted by Crippen LogP contribution is 2.37. The van der Waals surface area contributed by atoms with Crippen LogP contribution in [0.25, 0.3) is 10.8 Å². The number of aromatic hydroxyl groups is 2. The average Bonchev–Trinajstić information content (AvgIpc) is 3.20. The van der Waals surface area contributed by atoms with Crippen LogP contribution < -0.4 is 0 Å². The van der Waals surface area contributed by atoms with Crippen molar-refractivity contribution in [3.05, 3.63) is 47.4 Å². The molecule has 0 bridgehead atoms. The van der Waals surface area contributed by atoms with Crippen LogP contribution >= 0.6 is 0 Å². The largest absolute Gasteiger partial charge is 0.494 e. The summed E-state index contributed by atoms with van der Waals surface area (Å²) in [7, 11) is 0. The van der Waals surface area contributed by atoms with Gasteiger partial charge in [-0.1, -0.05) is 13.3 Å². The van der Waals surface area contributed by atoms with Crippen molar-refractivity contribution in [2.45, 2.75) is 33.2 Å². The molecule has 0 radical (unpaired) electrons. The minimum atomic E-state index is -0.730. The molecule has 1 aromatic carbocycles. The molecule has 0 unspecified atom stereocenters. The molecule has 3 aromatic rings. The molecule has 0 fully saturated rings. The molecule has 8 heteroatoms. The highest BCUT2D eigenvalue weighted by molar-refractivity contribution is 6.03. The normalized spacial score (nSPS) is 11.5. The van der Waals surface area contributed by atoms with Crippen LogP contribution in [-0.4, -0.2) is 26.6 Å². The molecule has 2 N–H and O–H groups in total. The Bertz CT molecular complexity index is 1050. The maximum Gasteiger partial charge on any atom is 0.299 e. The molecule has 0 saturated heterocycles. The van der Waals surface area contributed by atoms with Crippen LogP contribution in [0.5, 0.6) is 11.8 Å². The lowest BCUT2D eigenvalue weighted by atomic mass is 10.1. The van der Waals surface area contributed by atoms with Crippen LogP contribution in [0.15, 0.2) is 45.2 Å². The Morgan fingerprint density at radius 3 is 2.44 bits per heavy atom. The van der Waals surface area contributed by atoms with Crippen molar-refractivity contribution in [3.63, 3.8) is 0 Å². The molecule has 0 spiro atoms. The second-order valence-corrected chi connectivity index (χ2v) is 6.11. The first-order chi connectivity index (χ1) is 12.9. The van der Waals surface area contributed by atoms with Crippen LogP contribution in [0.1, 0.15) is 46.2 Å². The van der Waals surface area contributed by atoms with Crippen LogP contribution in [0.3, 0.4) is 0 Å². The van der Waals surface area contributed by atoms with Gasteiger partial charge in [-0.15, -0.1) is 10.2 Å². The lowest BCUT2D eigenvalue weighted by Gasteiger charge is -2.04. The van der Waals surface area contributed by atoms with Gasteiger partial charge in [0.15, 0.2) is 0 Å². The quantitative estimate of drug-likeness (QED) is 0.654. The van der Waals surface area contributed by atoms with Crippen LogP contribution in [0.2, 0.25) is 0 Å². The Balaban J connectivity index is 1.87. The summed E-state index contributed by atoms with van der Waals surface area (Å²) in [6.07, 6.45) is 3.05. The second-order valence-electron chi connectivity index (χ2n) is 6.11. The van der Waals surface area contributed by atoms with Gasteiger partial charge in [-0.2, -0.15) is 0 Å². The van der Waals surface area contributed by atoms with E-state index in [9.17, 15) is 19.8 Å². The van der Waals surface area contributed by atoms with E-state index in [-0.39, 0.29) is 22.9 Å². The zero-order valence-corrected chi connectivity index (χ0v) is 15.0. The van der Waals surface area contributed by atoms with Gasteiger partial charge >= 0.3 is 0 Å². The van der Waals surface area contributed by atoms with E-state index >= 15 is 0 Å². The first kappa shape index (κ1) is 18.4. The summed E-state index contributed by atoms with van der Waals surface area (Å²) in [5.41, 5.74) is 0.378. The molecule has 0 aliphatic heterocycles. The van der Waals surface area contributed by atoms with E-state index < -0.39 is 11.8 Å². The highest BCUT2D eigenvalue weighted by Gasteiger charge is 2.18. The fourth-order valence-corrected chi connectivity index (χ4v) is 2.79. The Morgan fingerprint density at radius 1 is 1.07 bits per heavy atom. The summed E-state index contributed by atoms with van der Waals surface area (Å²) < 4.78 is 6.42. The number of unbranched alkanes of at least 4 members (excludes halogenated alkanes) is 1. The molecule has 140 valence electrons. The Kier molecular flexibility index (Phi) is 5.07. The average molecular weight is 369 g/mol. The zero-order chi connectivity index (χ0) is 19.6. The van der Waals surface area contributed by atoms with Gasteiger partial charge in [-0.05, 0) is 37.6 Å². The Morgan fingerprint density at radius 2 is 1.78 bits per heavy atom. The molecular formula is C19H19N3O5. The highest BCUT2D eigenvalue weighted by atomic mass is 16.3. The van der Waals surface area contributed by atoms with Gasteiger partial charge in [0.25, 0.3) is 11.8 Å². The lowest BCUT2D eigenvalue weighted by molar-refractivity contribution is 0.0946. The van der Waals surface area contributed by atoms with Gasteiger partial charge in [0.1, 0.15) is 5.76 Å². The van der Waals surface area contributed by atoms with E-state index in [4.69, 9.17) is 4.42 Å². The van der Waals surface area contributed by atoms with Crippen molar-refractivity contribution in [1.82, 2.24) is 4.57 Å². The number of fused-ring (bicyclic) bond motifs is 1. The van der Waals surface area contributed by atoms with E-state index in [1.54, 1.807) is 6.92 Å². The van der Waals surface area contributed by atoms with Crippen LogP contribution in [-0.2, 0) is 6.54 Å². The molecule has 27 heavy (non-hydrogen) atoms. The molecular weight excluding hydrogens is 350 g/mol. The predicted molar refractivity (Wildman–Crippen MR) is 97.1 cm³/mol. The molecule has 2 amide bonds. The van der Waals surface area contributed by atoms with E-state index in [1.165, 1.54) is 35.1 Å². The Hall–Kier alpha value is -3.42. The van der Waals surface area contributed by atoms with Gasteiger partial charge in [-0.25, -0.2) is 0 Å². The number of carbonyl (C=O) groups excluding carboxylic acids is 2. The summed E-state index contributed by atoms with van der Waals surface area (Å²) in [5.74, 6) is -1.19. The lowest BCUT2D eigenvalue weighted by Crippen LogP contribution is -1.98. The number of azo groups is 1. The van der Waals surface area contributed by atoms with Crippen molar-refractivity contribution in [3.8, 4) is 11.8 Å². The number of rotatable bonds is 5. The number of carbonyl (C=O) groups is 2. The number of hydrogen-bond donors (Lipinski definition) is 2. The number of benzene rings is 1. The number of furan rings is 1. The molecule has 0 aliphatic carbocycles. The zero-order valence-electron chi connectivity index (χ0n) is 15.0. The maximum atomic E-state index is 12.2. The smallest absolute Gasteiger partial charge is 0.299 e. The van der Waals surface area contributed by atoms with Crippen molar-refractivity contribution < 1.29 is 24.2 Å². The fourth-order valence-electron chi connectivity index (χ4n) is 2.79. The minimum Gasteiger partial charge on any atom is -0.494 e. The van der Waals surface area contributed by atoms with E-state index in [0.29, 0.717) is 23.1 Å². The van der Waals surface area contributed by atoms with Gasteiger partial charge in [0.2, 0.25) is 11.8 Å². The molecule has 8 nitrogen and oxygen atoms in total. The van der Waals surface area contributed by atoms with Crippen molar-refractivity contribution in [2.24, 2.45) is 10.2 Å². The van der Waals surface area contributed by atoms with Crippen LogP contribution in [0.4, 0.5) is 0 Å². The molecule has 0 saturated carbocycles. The monoisotopic (exact) mass is 369 g/mol. The number of nitrogens with zero attached hydrogens (tertiary/aromatic N) is 3. The van der Waals surface area contributed by atoms with E-state index in [0.717, 1.165) is 12.8 Å². The summed E-state index contributed by atoms with van der Waals surface area (Å²) >= 11 is 0. The summed E-state index contributed by atoms with van der Waals surface area (Å²) in [6.45, 7) is 4.08. The standard InChI is InChI=1S/C19H19N3O5/c1-3-4-8-22-18(25)14-6-5-12(10-15(14)19(22)26)16(23)20-21-17(24)13-7-9-27-11(13)2/h5-7,9-10,25-26H,3-4,8H2,1-2H3. The molecule has 3 rings (SSSR count). The third kappa shape index (κ3) is 3.46. The minimum absolute atomic E-state index is 0.0535. The Labute approximate surface area is 154 Å². The SMILES string of the molecule is CCCCn1c(O)c2ccc(C(=O)N=NC(=O)c3ccoc3C)cc2c1O. The summed E-state index contributed by atoms with van der Waals surface area (Å²) in [5, 5.41) is 28.3. The number of hydrogen-bond acceptors (Lipinski definition) is 5. The van der Waals surface area contributed by atoms with Gasteiger partial charge in [0, 0.05) is 22.9 Å². The first-order valence-corrected chi connectivity index (χ1v) is 8.52. The first-order valence-electron chi connectivity index (χ1n) is 8.52. The second kappa shape index (κ2) is 7.45. The predicted octanol–water partition coefficient (Wildman–Crippen LogP) is 4.19. The third-order valence-electron chi connectivity index (χ3n) is 4.32. The fraction of sp³-hybridized carbons (Fsp3) is 0.263. The number of amides is 2. The van der Waals surface area contributed by atoms with Crippen molar-refractivity contribution in [2.75, 3.05) is 0 Å². The third-order valence-corrected chi connectivity index (χ3v) is 4.32. The number of aryl methyl sites for hydroxylation is 1. The van der Waals surface area contributed by atoms with E-state index in [2.05, 4.69) is 10.2 Å². The van der Waals surface area contributed by atoms with Crippen molar-refractivity contribution in [1.29, 1.82) is 0 Å². The molecule has 2 heterocycles. The van der Waals surface area contributed by atoms with Gasteiger partial charge in [0.05, 0.1) is 11.8 Å². The summed E-state index contributed by atoms with van der Waals surface area (Å²) in [6, 6.07) is 5.85. The maximum absolute atomic E-state index is 12.2.